The Morgan fingerprint density at radius 3 is 2.95 bits per heavy atom. The molecular weight excluding hydrogens is 254 g/mol. The highest BCUT2D eigenvalue weighted by atomic mass is 16.5. The molecule has 5 heteroatoms. The Labute approximate surface area is 119 Å². The van der Waals surface area contributed by atoms with Gasteiger partial charge in [0.2, 0.25) is 0 Å². The summed E-state index contributed by atoms with van der Waals surface area (Å²) >= 11 is 0. The first-order valence-corrected chi connectivity index (χ1v) is 7.23. The van der Waals surface area contributed by atoms with E-state index in [1.807, 2.05) is 30.3 Å². The topological polar surface area (TPSA) is 53.6 Å². The summed E-state index contributed by atoms with van der Waals surface area (Å²) in [5, 5.41) is 6.29. The minimum absolute atomic E-state index is 0.324. The number of fused-ring (bicyclic) bond motifs is 2. The van der Waals surface area contributed by atoms with Crippen LogP contribution in [-0.2, 0) is 11.3 Å². The van der Waals surface area contributed by atoms with Crippen LogP contribution in [0.5, 0.6) is 0 Å². The summed E-state index contributed by atoms with van der Waals surface area (Å²) in [6.45, 7) is 4.07. The standard InChI is InChI=1S/C15H21N3O2/c19-15(20-11-12-4-2-1-3-5-12)16-6-7-18-10-13-8-14(18)9-17-13/h1-5,13-14,17H,6-11H2,(H,16,19)/t13-,14-/m0/s1. The first-order valence-electron chi connectivity index (χ1n) is 7.23. The van der Waals surface area contributed by atoms with Crippen LogP contribution >= 0.6 is 0 Å². The molecule has 1 amide bonds. The number of amides is 1. The number of hydrogen-bond donors (Lipinski definition) is 2. The second-order valence-electron chi connectivity index (χ2n) is 5.48. The highest BCUT2D eigenvalue weighted by Gasteiger charge is 2.36. The molecule has 0 spiro atoms. The van der Waals surface area contributed by atoms with Gasteiger partial charge in [0.05, 0.1) is 0 Å². The highest BCUT2D eigenvalue weighted by molar-refractivity contribution is 5.67. The first-order chi connectivity index (χ1) is 9.81. The molecule has 0 unspecified atom stereocenters. The van der Waals surface area contributed by atoms with Crippen LogP contribution in [0.15, 0.2) is 30.3 Å². The van der Waals surface area contributed by atoms with Crippen molar-refractivity contribution >= 4 is 6.09 Å². The number of benzene rings is 1. The van der Waals surface area contributed by atoms with Crippen molar-refractivity contribution in [2.24, 2.45) is 0 Å². The third-order valence-electron chi connectivity index (χ3n) is 4.05. The van der Waals surface area contributed by atoms with Crippen LogP contribution < -0.4 is 10.6 Å². The molecule has 5 nitrogen and oxygen atoms in total. The number of alkyl carbamates (subject to hydrolysis) is 1. The smallest absolute Gasteiger partial charge is 0.407 e. The van der Waals surface area contributed by atoms with Crippen molar-refractivity contribution in [3.8, 4) is 0 Å². The van der Waals surface area contributed by atoms with E-state index in [1.165, 1.54) is 6.42 Å². The molecule has 3 rings (SSSR count). The van der Waals surface area contributed by atoms with Gasteiger partial charge in [-0.05, 0) is 12.0 Å². The predicted molar refractivity (Wildman–Crippen MR) is 76.4 cm³/mol. The molecule has 2 heterocycles. The van der Waals surface area contributed by atoms with Crippen LogP contribution in [0.2, 0.25) is 0 Å². The lowest BCUT2D eigenvalue weighted by molar-refractivity contribution is 0.137. The zero-order valence-corrected chi connectivity index (χ0v) is 11.5. The summed E-state index contributed by atoms with van der Waals surface area (Å²) in [5.41, 5.74) is 1.01. The van der Waals surface area contributed by atoms with E-state index in [2.05, 4.69) is 15.5 Å². The number of nitrogens with zero attached hydrogens (tertiary/aromatic N) is 1. The number of rotatable bonds is 5. The van der Waals surface area contributed by atoms with Crippen LogP contribution in [0.1, 0.15) is 12.0 Å². The van der Waals surface area contributed by atoms with Crippen molar-refractivity contribution in [3.63, 3.8) is 0 Å². The van der Waals surface area contributed by atoms with Gasteiger partial charge in [0.1, 0.15) is 6.61 Å². The number of carbonyl (C=O) groups is 1. The normalized spacial score (nSPS) is 24.8. The molecule has 108 valence electrons. The molecular formula is C15H21N3O2. The van der Waals surface area contributed by atoms with Crippen molar-refractivity contribution in [2.45, 2.75) is 25.1 Å². The highest BCUT2D eigenvalue weighted by Crippen LogP contribution is 2.22. The van der Waals surface area contributed by atoms with E-state index < -0.39 is 0 Å². The van der Waals surface area contributed by atoms with E-state index in [1.54, 1.807) is 0 Å². The maximum atomic E-state index is 11.6. The number of nitrogens with one attached hydrogen (secondary N) is 2. The minimum Gasteiger partial charge on any atom is -0.445 e. The van der Waals surface area contributed by atoms with Crippen LogP contribution in [0.25, 0.3) is 0 Å². The maximum Gasteiger partial charge on any atom is 0.407 e. The van der Waals surface area contributed by atoms with Crippen LogP contribution in [0.4, 0.5) is 4.79 Å². The van der Waals surface area contributed by atoms with E-state index in [9.17, 15) is 4.79 Å². The van der Waals surface area contributed by atoms with E-state index in [0.29, 0.717) is 25.2 Å². The molecule has 2 N–H and O–H groups in total. The zero-order chi connectivity index (χ0) is 13.8. The molecule has 0 saturated carbocycles. The molecule has 0 radical (unpaired) electrons. The van der Waals surface area contributed by atoms with E-state index in [0.717, 1.165) is 25.2 Å². The second-order valence-corrected chi connectivity index (χ2v) is 5.48. The third-order valence-corrected chi connectivity index (χ3v) is 4.05. The SMILES string of the molecule is O=C(NCCN1C[C@@H]2C[C@H]1CN2)OCc1ccccc1. The van der Waals surface area contributed by atoms with Crippen molar-refractivity contribution < 1.29 is 9.53 Å². The molecule has 20 heavy (non-hydrogen) atoms. The van der Waals surface area contributed by atoms with Crippen molar-refractivity contribution in [3.05, 3.63) is 35.9 Å². The summed E-state index contributed by atoms with van der Waals surface area (Å²) in [7, 11) is 0. The average molecular weight is 275 g/mol. The molecule has 1 aromatic carbocycles. The lowest BCUT2D eigenvalue weighted by Gasteiger charge is -2.27. The fourth-order valence-electron chi connectivity index (χ4n) is 3.00. The summed E-state index contributed by atoms with van der Waals surface area (Å²) in [4.78, 5) is 14.0. The molecule has 2 atom stereocenters. The van der Waals surface area contributed by atoms with Crippen LogP contribution in [0, 0.1) is 0 Å². The Morgan fingerprint density at radius 2 is 2.25 bits per heavy atom. The van der Waals surface area contributed by atoms with Gasteiger partial charge in [-0.2, -0.15) is 0 Å². The Morgan fingerprint density at radius 1 is 1.40 bits per heavy atom. The Balaban J connectivity index is 1.31. The first kappa shape index (κ1) is 13.4. The molecule has 2 aliphatic heterocycles. The number of likely N-dealkylation sites (tertiary alicyclic amines) is 1. The van der Waals surface area contributed by atoms with Crippen LogP contribution in [-0.4, -0.2) is 49.3 Å². The molecule has 2 bridgehead atoms. The van der Waals surface area contributed by atoms with Gasteiger partial charge in [0.25, 0.3) is 0 Å². The van der Waals surface area contributed by atoms with Crippen molar-refractivity contribution in [1.29, 1.82) is 0 Å². The fourth-order valence-corrected chi connectivity index (χ4v) is 3.00. The molecule has 2 aliphatic rings. The van der Waals surface area contributed by atoms with Gasteiger partial charge >= 0.3 is 6.09 Å². The van der Waals surface area contributed by atoms with Gasteiger partial charge in [0.15, 0.2) is 0 Å². The van der Waals surface area contributed by atoms with Gasteiger partial charge in [-0.1, -0.05) is 30.3 Å². The largest absolute Gasteiger partial charge is 0.445 e. The Bertz CT molecular complexity index is 452. The monoisotopic (exact) mass is 275 g/mol. The number of hydrogen-bond acceptors (Lipinski definition) is 4. The summed E-state index contributed by atoms with van der Waals surface area (Å²) in [6, 6.07) is 11.0. The van der Waals surface area contributed by atoms with E-state index in [-0.39, 0.29) is 6.09 Å². The van der Waals surface area contributed by atoms with Gasteiger partial charge < -0.3 is 15.4 Å². The molecule has 2 saturated heterocycles. The maximum absolute atomic E-state index is 11.6. The predicted octanol–water partition coefficient (Wildman–Crippen LogP) is 0.959. The summed E-state index contributed by atoms with van der Waals surface area (Å²) in [5.74, 6) is 0. The van der Waals surface area contributed by atoms with E-state index >= 15 is 0 Å². The lowest BCUT2D eigenvalue weighted by atomic mass is 10.2. The molecule has 2 fully saturated rings. The minimum atomic E-state index is -0.337. The van der Waals surface area contributed by atoms with Crippen molar-refractivity contribution in [1.82, 2.24) is 15.5 Å². The summed E-state index contributed by atoms with van der Waals surface area (Å²) < 4.78 is 5.17. The Hall–Kier alpha value is -1.59. The quantitative estimate of drug-likeness (QED) is 0.840. The number of carbonyl (C=O) groups excluding carboxylic acids is 1. The van der Waals surface area contributed by atoms with Gasteiger partial charge in [-0.3, -0.25) is 4.90 Å². The number of piperazine rings is 1. The molecule has 0 aromatic heterocycles. The molecule has 1 aromatic rings. The fraction of sp³-hybridized carbons (Fsp3) is 0.533. The van der Waals surface area contributed by atoms with Crippen LogP contribution in [0.3, 0.4) is 0 Å². The second kappa shape index (κ2) is 6.24. The Kier molecular flexibility index (Phi) is 4.18. The third kappa shape index (κ3) is 3.29. The van der Waals surface area contributed by atoms with E-state index in [4.69, 9.17) is 4.74 Å². The summed E-state index contributed by atoms with van der Waals surface area (Å²) in [6.07, 6.45) is 0.912. The van der Waals surface area contributed by atoms with Gasteiger partial charge in [-0.15, -0.1) is 0 Å². The number of ether oxygens (including phenoxy) is 1. The van der Waals surface area contributed by atoms with Gasteiger partial charge in [-0.25, -0.2) is 4.79 Å². The zero-order valence-electron chi connectivity index (χ0n) is 11.5. The van der Waals surface area contributed by atoms with Crippen molar-refractivity contribution in [2.75, 3.05) is 26.2 Å². The van der Waals surface area contributed by atoms with Gasteiger partial charge in [0, 0.05) is 38.3 Å². The average Bonchev–Trinajstić information content (AvgIpc) is 3.09. The lowest BCUT2D eigenvalue weighted by Crippen LogP contribution is -2.46. The molecule has 0 aliphatic carbocycles.